The molecular formula is C22H28N4O4. The Hall–Kier alpha value is -3.36. The Labute approximate surface area is 176 Å². The van der Waals surface area contributed by atoms with E-state index in [1.165, 1.54) is 13.3 Å². The second kappa shape index (κ2) is 11.6. The van der Waals surface area contributed by atoms with Crippen molar-refractivity contribution in [2.75, 3.05) is 39.8 Å². The molecule has 0 bridgehead atoms. The molecule has 8 heteroatoms. The van der Waals surface area contributed by atoms with E-state index in [9.17, 15) is 4.79 Å². The van der Waals surface area contributed by atoms with Gasteiger partial charge in [0.2, 0.25) is 5.91 Å². The highest BCUT2D eigenvalue weighted by Gasteiger charge is 2.21. The van der Waals surface area contributed by atoms with Crippen LogP contribution in [0, 0.1) is 5.41 Å². The van der Waals surface area contributed by atoms with Gasteiger partial charge in [-0.1, -0.05) is 12.1 Å². The first-order chi connectivity index (χ1) is 14.6. The third-order valence-corrected chi connectivity index (χ3v) is 4.46. The zero-order valence-corrected chi connectivity index (χ0v) is 17.4. The molecule has 160 valence electrons. The first-order valence-corrected chi connectivity index (χ1v) is 9.35. The molecule has 8 nitrogen and oxygen atoms in total. The van der Waals surface area contributed by atoms with Crippen LogP contribution in [0.1, 0.15) is 17.2 Å². The SMILES string of the molecule is COCCNC(C(=O)Nc1ccc(/C(C=N)=C/N)c(OC)c1)c1cccc(OC)c1. The molecule has 0 aliphatic rings. The summed E-state index contributed by atoms with van der Waals surface area (Å²) in [6.45, 7) is 0.964. The minimum atomic E-state index is -0.609. The maximum atomic E-state index is 13.1. The van der Waals surface area contributed by atoms with E-state index in [-0.39, 0.29) is 5.91 Å². The fourth-order valence-electron chi connectivity index (χ4n) is 2.93. The fourth-order valence-corrected chi connectivity index (χ4v) is 2.93. The van der Waals surface area contributed by atoms with Crippen molar-refractivity contribution in [3.63, 3.8) is 0 Å². The number of amides is 1. The van der Waals surface area contributed by atoms with Gasteiger partial charge in [0, 0.05) is 49.0 Å². The molecule has 1 unspecified atom stereocenters. The highest BCUT2D eigenvalue weighted by Crippen LogP contribution is 2.29. The first-order valence-electron chi connectivity index (χ1n) is 9.35. The zero-order chi connectivity index (χ0) is 21.9. The highest BCUT2D eigenvalue weighted by atomic mass is 16.5. The Morgan fingerprint density at radius 2 is 1.97 bits per heavy atom. The quantitative estimate of drug-likeness (QED) is 0.333. The Balaban J connectivity index is 2.28. The average Bonchev–Trinajstić information content (AvgIpc) is 2.78. The molecule has 1 atom stereocenters. The van der Waals surface area contributed by atoms with Crippen LogP contribution in [0.25, 0.3) is 5.57 Å². The molecule has 0 fully saturated rings. The van der Waals surface area contributed by atoms with Crippen molar-refractivity contribution in [1.82, 2.24) is 5.32 Å². The van der Waals surface area contributed by atoms with Crippen molar-refractivity contribution < 1.29 is 19.0 Å². The maximum Gasteiger partial charge on any atom is 0.246 e. The summed E-state index contributed by atoms with van der Waals surface area (Å²) in [5.74, 6) is 0.923. The predicted octanol–water partition coefficient (Wildman–Crippen LogP) is 2.57. The van der Waals surface area contributed by atoms with E-state index in [2.05, 4.69) is 10.6 Å². The van der Waals surface area contributed by atoms with Crippen LogP contribution in [0.3, 0.4) is 0 Å². The lowest BCUT2D eigenvalue weighted by Gasteiger charge is -2.20. The number of anilines is 1. The number of nitrogens with two attached hydrogens (primary N) is 1. The van der Waals surface area contributed by atoms with E-state index in [0.717, 1.165) is 11.8 Å². The van der Waals surface area contributed by atoms with Crippen molar-refractivity contribution in [2.45, 2.75) is 6.04 Å². The van der Waals surface area contributed by atoms with Gasteiger partial charge in [-0.15, -0.1) is 0 Å². The molecule has 0 spiro atoms. The molecule has 2 aromatic carbocycles. The van der Waals surface area contributed by atoms with Gasteiger partial charge in [0.05, 0.1) is 20.8 Å². The van der Waals surface area contributed by atoms with Gasteiger partial charge in [-0.05, 0) is 29.8 Å². The van der Waals surface area contributed by atoms with E-state index in [4.69, 9.17) is 25.4 Å². The van der Waals surface area contributed by atoms with E-state index in [0.29, 0.717) is 41.5 Å². The normalized spacial score (nSPS) is 12.2. The lowest BCUT2D eigenvalue weighted by atomic mass is 10.0. The average molecular weight is 412 g/mol. The standard InChI is InChI=1S/C22H28N4O4/c1-28-10-9-25-21(15-5-4-6-18(11-15)29-2)22(27)26-17-7-8-19(16(13-23)14-24)20(12-17)30-3/h4-8,11-14,21,23,25H,9-10,24H2,1-3H3,(H,26,27)/b16-14+,23-13?. The molecule has 5 N–H and O–H groups in total. The summed E-state index contributed by atoms with van der Waals surface area (Å²) in [5.41, 5.74) is 8.08. The van der Waals surface area contributed by atoms with Crippen LogP contribution in [-0.2, 0) is 9.53 Å². The fraction of sp³-hybridized carbons (Fsp3) is 0.273. The Bertz CT molecular complexity index is 898. The van der Waals surface area contributed by atoms with E-state index < -0.39 is 6.04 Å². The molecule has 30 heavy (non-hydrogen) atoms. The van der Waals surface area contributed by atoms with Gasteiger partial charge < -0.3 is 30.7 Å². The molecule has 0 heterocycles. The predicted molar refractivity (Wildman–Crippen MR) is 118 cm³/mol. The van der Waals surface area contributed by atoms with E-state index >= 15 is 0 Å². The van der Waals surface area contributed by atoms with E-state index in [1.807, 2.05) is 24.3 Å². The molecule has 1 amide bonds. The van der Waals surface area contributed by atoms with Gasteiger partial charge in [0.1, 0.15) is 17.5 Å². The molecular weight excluding hydrogens is 384 g/mol. The van der Waals surface area contributed by atoms with Crippen LogP contribution in [-0.4, -0.2) is 46.6 Å². The van der Waals surface area contributed by atoms with Crippen LogP contribution in [0.2, 0.25) is 0 Å². The van der Waals surface area contributed by atoms with Crippen LogP contribution >= 0.6 is 0 Å². The molecule has 2 aromatic rings. The zero-order valence-electron chi connectivity index (χ0n) is 17.4. The summed E-state index contributed by atoms with van der Waals surface area (Å²) in [4.78, 5) is 13.1. The Kier molecular flexibility index (Phi) is 8.86. The van der Waals surface area contributed by atoms with Gasteiger partial charge in [0.25, 0.3) is 0 Å². The third-order valence-electron chi connectivity index (χ3n) is 4.46. The summed E-state index contributed by atoms with van der Waals surface area (Å²) in [6.07, 6.45) is 2.48. The van der Waals surface area contributed by atoms with Gasteiger partial charge in [0.15, 0.2) is 0 Å². The molecule has 0 saturated heterocycles. The second-order valence-electron chi connectivity index (χ2n) is 6.33. The second-order valence-corrected chi connectivity index (χ2v) is 6.33. The Morgan fingerprint density at radius 3 is 2.60 bits per heavy atom. The summed E-state index contributed by atoms with van der Waals surface area (Å²) >= 11 is 0. The number of carbonyl (C=O) groups is 1. The summed E-state index contributed by atoms with van der Waals surface area (Å²) < 4.78 is 15.8. The largest absolute Gasteiger partial charge is 0.497 e. The topological polar surface area (TPSA) is 119 Å². The number of allylic oxidation sites excluding steroid dienone is 1. The number of nitrogens with one attached hydrogen (secondary N) is 3. The smallest absolute Gasteiger partial charge is 0.246 e. The number of benzene rings is 2. The van der Waals surface area contributed by atoms with E-state index in [1.54, 1.807) is 32.4 Å². The number of ether oxygens (including phenoxy) is 3. The minimum absolute atomic E-state index is 0.240. The number of carbonyl (C=O) groups excluding carboxylic acids is 1. The number of hydrogen-bond acceptors (Lipinski definition) is 7. The van der Waals surface area contributed by atoms with Crippen LogP contribution in [0.5, 0.6) is 11.5 Å². The van der Waals surface area contributed by atoms with Crippen molar-refractivity contribution in [2.24, 2.45) is 5.73 Å². The van der Waals surface area contributed by atoms with Crippen LogP contribution in [0.15, 0.2) is 48.7 Å². The lowest BCUT2D eigenvalue weighted by Crippen LogP contribution is -2.34. The van der Waals surface area contributed by atoms with Gasteiger partial charge in [-0.3, -0.25) is 10.1 Å². The molecule has 0 saturated carbocycles. The summed E-state index contributed by atoms with van der Waals surface area (Å²) in [7, 11) is 4.71. The van der Waals surface area contributed by atoms with Crippen molar-refractivity contribution >= 4 is 23.4 Å². The maximum absolute atomic E-state index is 13.1. The monoisotopic (exact) mass is 412 g/mol. The van der Waals surface area contributed by atoms with Gasteiger partial charge in [-0.2, -0.15) is 0 Å². The van der Waals surface area contributed by atoms with Crippen molar-refractivity contribution in [3.8, 4) is 11.5 Å². The first kappa shape index (κ1) is 22.9. The van der Waals surface area contributed by atoms with Crippen molar-refractivity contribution in [3.05, 3.63) is 59.8 Å². The third kappa shape index (κ3) is 5.82. The Morgan fingerprint density at radius 1 is 1.17 bits per heavy atom. The number of rotatable bonds is 11. The molecule has 2 rings (SSSR count). The van der Waals surface area contributed by atoms with Crippen molar-refractivity contribution in [1.29, 1.82) is 5.41 Å². The minimum Gasteiger partial charge on any atom is -0.497 e. The number of hydrogen-bond donors (Lipinski definition) is 4. The van der Waals surface area contributed by atoms with Crippen LogP contribution < -0.4 is 25.8 Å². The molecule has 0 radical (unpaired) electrons. The molecule has 0 aliphatic carbocycles. The number of methoxy groups -OCH3 is 3. The molecule has 0 aliphatic heterocycles. The van der Waals surface area contributed by atoms with Gasteiger partial charge >= 0.3 is 0 Å². The highest BCUT2D eigenvalue weighted by molar-refractivity contribution is 6.09. The molecule has 0 aromatic heterocycles. The summed E-state index contributed by atoms with van der Waals surface area (Å²) in [6, 6.07) is 11.9. The van der Waals surface area contributed by atoms with Crippen LogP contribution in [0.4, 0.5) is 5.69 Å². The van der Waals surface area contributed by atoms with Gasteiger partial charge in [-0.25, -0.2) is 0 Å². The summed E-state index contributed by atoms with van der Waals surface area (Å²) in [5, 5.41) is 13.6. The lowest BCUT2D eigenvalue weighted by molar-refractivity contribution is -0.118.